The zero-order valence-corrected chi connectivity index (χ0v) is 12.2. The third-order valence-electron chi connectivity index (χ3n) is 2.75. The van der Waals surface area contributed by atoms with Gasteiger partial charge in [-0.05, 0) is 18.6 Å². The molecule has 0 fully saturated rings. The van der Waals surface area contributed by atoms with Crippen molar-refractivity contribution in [2.45, 2.75) is 12.3 Å². The number of imidazole rings is 1. The van der Waals surface area contributed by atoms with Gasteiger partial charge in [0.25, 0.3) is 0 Å². The predicted octanol–water partition coefficient (Wildman–Crippen LogP) is 4.39. The summed E-state index contributed by atoms with van der Waals surface area (Å²) in [6.07, 6.45) is 2.01. The second-order valence-electron chi connectivity index (χ2n) is 3.92. The van der Waals surface area contributed by atoms with E-state index in [0.29, 0.717) is 11.2 Å². The van der Waals surface area contributed by atoms with Crippen molar-refractivity contribution in [3.05, 3.63) is 47.1 Å². The molecule has 0 spiro atoms. The molecule has 2 heterocycles. The topological polar surface area (TPSA) is 26.5 Å². The minimum absolute atomic E-state index is 0.674. The number of nitrogens with zero attached hydrogens (tertiary/aromatic N) is 2. The van der Waals surface area contributed by atoms with E-state index in [4.69, 9.17) is 4.74 Å². The second kappa shape index (κ2) is 4.74. The number of hydrogen-bond donors (Lipinski definition) is 0. The van der Waals surface area contributed by atoms with Gasteiger partial charge in [0, 0.05) is 16.9 Å². The van der Waals surface area contributed by atoms with Crippen molar-refractivity contribution in [1.82, 2.24) is 9.38 Å². The molecule has 1 aromatic carbocycles. The van der Waals surface area contributed by atoms with E-state index in [0.717, 1.165) is 22.0 Å². The molecule has 0 saturated heterocycles. The zero-order chi connectivity index (χ0) is 12.5. The lowest BCUT2D eigenvalue weighted by Gasteiger charge is -2.06. The van der Waals surface area contributed by atoms with Crippen molar-refractivity contribution in [1.29, 1.82) is 0 Å². The average Bonchev–Trinajstić information content (AvgIpc) is 2.92. The van der Waals surface area contributed by atoms with E-state index >= 15 is 0 Å². The van der Waals surface area contributed by atoms with Gasteiger partial charge in [-0.15, -0.1) is 11.3 Å². The highest BCUT2D eigenvalue weighted by atomic mass is 79.9. The molecule has 0 N–H and O–H groups in total. The van der Waals surface area contributed by atoms with Crippen LogP contribution in [-0.4, -0.2) is 9.38 Å². The Morgan fingerprint density at radius 3 is 3.00 bits per heavy atom. The number of ether oxygens (including phenoxy) is 1. The Morgan fingerprint density at radius 1 is 1.39 bits per heavy atom. The molecule has 5 heteroatoms. The number of para-hydroxylation sites is 1. The van der Waals surface area contributed by atoms with Crippen molar-refractivity contribution < 1.29 is 4.74 Å². The summed E-state index contributed by atoms with van der Waals surface area (Å²) in [7, 11) is 0. The first kappa shape index (κ1) is 11.7. The summed E-state index contributed by atoms with van der Waals surface area (Å²) < 4.78 is 7.97. The maximum absolute atomic E-state index is 5.92. The van der Waals surface area contributed by atoms with E-state index in [2.05, 4.69) is 20.9 Å². The lowest BCUT2D eigenvalue weighted by atomic mass is 10.2. The number of benzene rings is 1. The Bertz CT molecular complexity index is 689. The number of rotatable bonds is 3. The van der Waals surface area contributed by atoms with E-state index in [9.17, 15) is 0 Å². The van der Waals surface area contributed by atoms with E-state index < -0.39 is 0 Å². The molecule has 0 aliphatic heterocycles. The molecule has 92 valence electrons. The fourth-order valence-electron chi connectivity index (χ4n) is 1.79. The number of alkyl halides is 1. The summed E-state index contributed by atoms with van der Waals surface area (Å²) in [5.74, 6) is 1.53. The van der Waals surface area contributed by atoms with Gasteiger partial charge in [0.2, 0.25) is 5.88 Å². The van der Waals surface area contributed by atoms with Gasteiger partial charge in [0.1, 0.15) is 5.75 Å². The number of fused-ring (bicyclic) bond motifs is 1. The summed E-state index contributed by atoms with van der Waals surface area (Å²) in [5.41, 5.74) is 2.14. The van der Waals surface area contributed by atoms with Gasteiger partial charge < -0.3 is 4.74 Å². The Morgan fingerprint density at radius 2 is 2.22 bits per heavy atom. The fourth-order valence-corrected chi connectivity index (χ4v) is 3.03. The van der Waals surface area contributed by atoms with Gasteiger partial charge in [-0.25, -0.2) is 0 Å². The third kappa shape index (κ3) is 1.93. The first-order valence-corrected chi connectivity index (χ1v) is 7.53. The molecular formula is C13H11BrN2OS. The molecule has 0 radical (unpaired) electrons. The molecule has 0 bridgehead atoms. The summed E-state index contributed by atoms with van der Waals surface area (Å²) >= 11 is 5.09. The lowest BCUT2D eigenvalue weighted by Crippen LogP contribution is -1.92. The van der Waals surface area contributed by atoms with Gasteiger partial charge in [-0.3, -0.25) is 4.40 Å². The van der Waals surface area contributed by atoms with Gasteiger partial charge in [-0.1, -0.05) is 34.1 Å². The number of thiazole rings is 1. The quantitative estimate of drug-likeness (QED) is 0.668. The highest BCUT2D eigenvalue weighted by molar-refractivity contribution is 9.08. The fraction of sp³-hybridized carbons (Fsp3) is 0.154. The number of aromatic nitrogens is 2. The second-order valence-corrected chi connectivity index (χ2v) is 5.35. The summed E-state index contributed by atoms with van der Waals surface area (Å²) in [5, 5.41) is 2.73. The summed E-state index contributed by atoms with van der Waals surface area (Å²) in [4.78, 5) is 5.46. The SMILES string of the molecule is Cc1ccccc1Oc1nc2sccn2c1CBr. The van der Waals surface area contributed by atoms with E-state index in [1.165, 1.54) is 0 Å². The predicted molar refractivity (Wildman–Crippen MR) is 77.0 cm³/mol. The van der Waals surface area contributed by atoms with Crippen LogP contribution in [0.2, 0.25) is 0 Å². The molecule has 0 aliphatic rings. The molecule has 3 aromatic rings. The largest absolute Gasteiger partial charge is 0.437 e. The molecule has 3 rings (SSSR count). The monoisotopic (exact) mass is 322 g/mol. The van der Waals surface area contributed by atoms with Crippen LogP contribution >= 0.6 is 27.3 Å². The van der Waals surface area contributed by atoms with Crippen molar-refractivity contribution in [3.63, 3.8) is 0 Å². The van der Waals surface area contributed by atoms with Crippen LogP contribution in [0.15, 0.2) is 35.8 Å². The van der Waals surface area contributed by atoms with E-state index in [1.54, 1.807) is 11.3 Å². The van der Waals surface area contributed by atoms with Gasteiger partial charge in [0.05, 0.1) is 5.69 Å². The van der Waals surface area contributed by atoms with Crippen LogP contribution in [0.4, 0.5) is 0 Å². The van der Waals surface area contributed by atoms with Crippen LogP contribution in [0.25, 0.3) is 4.96 Å². The standard InChI is InChI=1S/C13H11BrN2OS/c1-9-4-2-3-5-11(9)17-12-10(8-14)16-6-7-18-13(16)15-12/h2-7H,8H2,1H3. The van der Waals surface area contributed by atoms with Crippen LogP contribution in [0, 0.1) is 6.92 Å². The van der Waals surface area contributed by atoms with Crippen LogP contribution < -0.4 is 4.74 Å². The van der Waals surface area contributed by atoms with Gasteiger partial charge in [0.15, 0.2) is 4.96 Å². The molecule has 18 heavy (non-hydrogen) atoms. The Balaban J connectivity index is 2.04. The maximum Gasteiger partial charge on any atom is 0.243 e. The molecule has 0 atom stereocenters. The minimum Gasteiger partial charge on any atom is -0.437 e. The molecule has 2 aromatic heterocycles. The highest BCUT2D eigenvalue weighted by Crippen LogP contribution is 2.30. The Kier molecular flexibility index (Phi) is 3.09. The molecule has 0 unspecified atom stereocenters. The average molecular weight is 323 g/mol. The first-order chi connectivity index (χ1) is 8.79. The summed E-state index contributed by atoms with van der Waals surface area (Å²) in [6, 6.07) is 7.95. The third-order valence-corrected chi connectivity index (χ3v) is 4.04. The molecule has 3 nitrogen and oxygen atoms in total. The normalized spacial score (nSPS) is 11.0. The van der Waals surface area contributed by atoms with Crippen molar-refractivity contribution in [2.75, 3.05) is 0 Å². The van der Waals surface area contributed by atoms with Gasteiger partial charge >= 0.3 is 0 Å². The smallest absolute Gasteiger partial charge is 0.243 e. The van der Waals surface area contributed by atoms with E-state index in [1.807, 2.05) is 47.2 Å². The molecular weight excluding hydrogens is 312 g/mol. The number of halogens is 1. The van der Waals surface area contributed by atoms with E-state index in [-0.39, 0.29) is 0 Å². The summed E-state index contributed by atoms with van der Waals surface area (Å²) in [6.45, 7) is 2.03. The maximum atomic E-state index is 5.92. The zero-order valence-electron chi connectivity index (χ0n) is 9.76. The van der Waals surface area contributed by atoms with Crippen LogP contribution in [0.1, 0.15) is 11.3 Å². The van der Waals surface area contributed by atoms with Crippen LogP contribution in [0.5, 0.6) is 11.6 Å². The first-order valence-electron chi connectivity index (χ1n) is 5.53. The minimum atomic E-state index is 0.674. The van der Waals surface area contributed by atoms with Crippen molar-refractivity contribution >= 4 is 32.2 Å². The lowest BCUT2D eigenvalue weighted by molar-refractivity contribution is 0.458. The van der Waals surface area contributed by atoms with Crippen molar-refractivity contribution in [2.24, 2.45) is 0 Å². The number of aryl methyl sites for hydroxylation is 1. The Labute approximate surface area is 117 Å². The Hall–Kier alpha value is -1.33. The molecule has 0 aliphatic carbocycles. The van der Waals surface area contributed by atoms with Crippen LogP contribution in [0.3, 0.4) is 0 Å². The van der Waals surface area contributed by atoms with Crippen molar-refractivity contribution in [3.8, 4) is 11.6 Å². The number of hydrogen-bond acceptors (Lipinski definition) is 3. The molecule has 0 saturated carbocycles. The molecule has 0 amide bonds. The van der Waals surface area contributed by atoms with Crippen LogP contribution in [-0.2, 0) is 5.33 Å². The highest BCUT2D eigenvalue weighted by Gasteiger charge is 2.14. The van der Waals surface area contributed by atoms with Gasteiger partial charge in [-0.2, -0.15) is 4.98 Å².